The Balaban J connectivity index is 1.61. The van der Waals surface area contributed by atoms with Crippen molar-refractivity contribution < 1.29 is 9.53 Å². The molecule has 0 bridgehead atoms. The molecule has 1 saturated heterocycles. The molecule has 3 rings (SSSR count). The van der Waals surface area contributed by atoms with Gasteiger partial charge in [0, 0.05) is 39.8 Å². The molecule has 7 nitrogen and oxygen atoms in total. The van der Waals surface area contributed by atoms with Gasteiger partial charge in [-0.2, -0.15) is 5.10 Å². The van der Waals surface area contributed by atoms with Crippen molar-refractivity contribution in [3.8, 4) is 0 Å². The summed E-state index contributed by atoms with van der Waals surface area (Å²) in [6.45, 7) is 3.75. The van der Waals surface area contributed by atoms with Crippen molar-refractivity contribution in [1.82, 2.24) is 19.7 Å². The molecule has 0 saturated carbocycles. The molecule has 2 aromatic heterocycles. The zero-order valence-corrected chi connectivity index (χ0v) is 16.0. The minimum absolute atomic E-state index is 0.158. The van der Waals surface area contributed by atoms with Crippen molar-refractivity contribution >= 4 is 11.7 Å². The van der Waals surface area contributed by atoms with E-state index < -0.39 is 0 Å². The highest BCUT2D eigenvalue weighted by molar-refractivity contribution is 5.76. The van der Waals surface area contributed by atoms with Crippen LogP contribution in [0.2, 0.25) is 0 Å². The molecule has 0 radical (unpaired) electrons. The smallest absolute Gasteiger partial charge is 0.223 e. The fourth-order valence-electron chi connectivity index (χ4n) is 3.11. The monoisotopic (exact) mass is 357 g/mol. The largest absolute Gasteiger partial charge is 0.368 e. The van der Waals surface area contributed by atoms with Crippen LogP contribution in [0.1, 0.15) is 29.5 Å². The molecule has 1 atom stereocenters. The molecule has 2 aromatic rings. The van der Waals surface area contributed by atoms with Crippen LogP contribution in [0.4, 0.5) is 5.82 Å². The van der Waals surface area contributed by atoms with Gasteiger partial charge in [0.05, 0.1) is 25.0 Å². The molecule has 3 heterocycles. The Hall–Kier alpha value is -2.41. The fraction of sp³-hybridized carbons (Fsp3) is 0.526. The molecule has 1 aliphatic rings. The van der Waals surface area contributed by atoms with Gasteiger partial charge in [-0.15, -0.1) is 0 Å². The number of ether oxygens (including phenoxy) is 1. The summed E-state index contributed by atoms with van der Waals surface area (Å²) in [7, 11) is 5.84. The molecule has 1 aliphatic heterocycles. The van der Waals surface area contributed by atoms with Crippen LogP contribution in [0.5, 0.6) is 0 Å². The van der Waals surface area contributed by atoms with E-state index in [2.05, 4.69) is 10.1 Å². The van der Waals surface area contributed by atoms with Crippen LogP contribution < -0.4 is 4.90 Å². The second-order valence-corrected chi connectivity index (χ2v) is 6.89. The summed E-state index contributed by atoms with van der Waals surface area (Å²) in [6, 6.07) is 5.91. The maximum atomic E-state index is 12.7. The van der Waals surface area contributed by atoms with E-state index in [4.69, 9.17) is 4.74 Å². The van der Waals surface area contributed by atoms with Gasteiger partial charge in [0.1, 0.15) is 11.9 Å². The van der Waals surface area contributed by atoms with Crippen LogP contribution in [0.25, 0.3) is 0 Å². The lowest BCUT2D eigenvalue weighted by atomic mass is 10.1. The van der Waals surface area contributed by atoms with Crippen LogP contribution in [0.15, 0.2) is 24.4 Å². The highest BCUT2D eigenvalue weighted by Crippen LogP contribution is 2.23. The molecule has 0 aromatic carbocycles. The maximum Gasteiger partial charge on any atom is 0.223 e. The summed E-state index contributed by atoms with van der Waals surface area (Å²) in [5.41, 5.74) is 3.12. The molecule has 140 valence electrons. The first-order chi connectivity index (χ1) is 12.5. The Morgan fingerprint density at radius 3 is 2.88 bits per heavy atom. The topological polar surface area (TPSA) is 63.5 Å². The van der Waals surface area contributed by atoms with Crippen molar-refractivity contribution in [3.63, 3.8) is 0 Å². The van der Waals surface area contributed by atoms with Gasteiger partial charge >= 0.3 is 0 Å². The van der Waals surface area contributed by atoms with Crippen molar-refractivity contribution in [2.24, 2.45) is 7.05 Å². The number of aromatic nitrogens is 3. The standard InChI is InChI=1S/C19H27N5O2/c1-14-15(12-20-23(14)4)8-9-19(25)24-10-11-26-17(13-24)16-6-5-7-18(21-16)22(2)3/h5-7,12,17H,8-11,13H2,1-4H3/t17-/m0/s1. The van der Waals surface area contributed by atoms with Gasteiger partial charge in [0.2, 0.25) is 5.91 Å². The first kappa shape index (κ1) is 18.4. The number of hydrogen-bond acceptors (Lipinski definition) is 5. The van der Waals surface area contributed by atoms with E-state index in [1.165, 1.54) is 0 Å². The van der Waals surface area contributed by atoms with Crippen molar-refractivity contribution in [2.45, 2.75) is 25.9 Å². The minimum atomic E-state index is -0.173. The van der Waals surface area contributed by atoms with E-state index in [1.54, 1.807) is 0 Å². The lowest BCUT2D eigenvalue weighted by molar-refractivity contribution is -0.139. The van der Waals surface area contributed by atoms with Crippen molar-refractivity contribution in [1.29, 1.82) is 0 Å². The summed E-state index contributed by atoms with van der Waals surface area (Å²) < 4.78 is 7.72. The second-order valence-electron chi connectivity index (χ2n) is 6.89. The zero-order valence-electron chi connectivity index (χ0n) is 16.0. The third-order valence-electron chi connectivity index (χ3n) is 4.91. The van der Waals surface area contributed by atoms with Crippen LogP contribution in [-0.2, 0) is 23.0 Å². The molecule has 0 N–H and O–H groups in total. The lowest BCUT2D eigenvalue weighted by Crippen LogP contribution is -2.42. The summed E-state index contributed by atoms with van der Waals surface area (Å²) in [5, 5.41) is 4.24. The fourth-order valence-corrected chi connectivity index (χ4v) is 3.11. The number of carbonyl (C=O) groups excluding carboxylic acids is 1. The van der Waals surface area contributed by atoms with E-state index in [9.17, 15) is 4.79 Å². The van der Waals surface area contributed by atoms with E-state index in [0.717, 1.165) is 29.2 Å². The van der Waals surface area contributed by atoms with Gasteiger partial charge in [-0.1, -0.05) is 6.07 Å². The van der Waals surface area contributed by atoms with Crippen molar-refractivity contribution in [2.75, 3.05) is 38.7 Å². The van der Waals surface area contributed by atoms with Crippen LogP contribution in [0, 0.1) is 6.92 Å². The van der Waals surface area contributed by atoms with Crippen LogP contribution in [-0.4, -0.2) is 59.4 Å². The third kappa shape index (κ3) is 4.04. The number of morpholine rings is 1. The molecule has 1 fully saturated rings. The Morgan fingerprint density at radius 1 is 1.38 bits per heavy atom. The third-order valence-corrected chi connectivity index (χ3v) is 4.91. The Kier molecular flexibility index (Phi) is 5.56. The van der Waals surface area contributed by atoms with Gasteiger partial charge in [0.15, 0.2) is 0 Å². The number of pyridine rings is 1. The van der Waals surface area contributed by atoms with Crippen LogP contribution >= 0.6 is 0 Å². The summed E-state index contributed by atoms with van der Waals surface area (Å²) >= 11 is 0. The van der Waals surface area contributed by atoms with Gasteiger partial charge in [0.25, 0.3) is 0 Å². The van der Waals surface area contributed by atoms with E-state index in [0.29, 0.717) is 26.1 Å². The Morgan fingerprint density at radius 2 is 2.19 bits per heavy atom. The van der Waals surface area contributed by atoms with Gasteiger partial charge in [-0.25, -0.2) is 4.98 Å². The highest BCUT2D eigenvalue weighted by atomic mass is 16.5. The summed E-state index contributed by atoms with van der Waals surface area (Å²) in [5.74, 6) is 1.05. The SMILES string of the molecule is Cc1c(CCC(=O)N2CCO[C@H](c3cccc(N(C)C)n3)C2)cnn1C. The highest BCUT2D eigenvalue weighted by Gasteiger charge is 2.26. The molecule has 7 heteroatoms. The molecule has 0 unspecified atom stereocenters. The number of nitrogens with zero attached hydrogens (tertiary/aromatic N) is 5. The lowest BCUT2D eigenvalue weighted by Gasteiger charge is -2.33. The van der Waals surface area contributed by atoms with Gasteiger partial charge in [-0.05, 0) is 31.0 Å². The number of amides is 1. The first-order valence-corrected chi connectivity index (χ1v) is 8.97. The quantitative estimate of drug-likeness (QED) is 0.815. The average Bonchev–Trinajstić information content (AvgIpc) is 2.98. The Bertz CT molecular complexity index is 771. The minimum Gasteiger partial charge on any atom is -0.368 e. The van der Waals surface area contributed by atoms with E-state index in [1.807, 2.05) is 66.9 Å². The number of aryl methyl sites for hydroxylation is 2. The second kappa shape index (κ2) is 7.86. The molecule has 0 spiro atoms. The summed E-state index contributed by atoms with van der Waals surface area (Å²) in [4.78, 5) is 21.2. The molecular weight excluding hydrogens is 330 g/mol. The van der Waals surface area contributed by atoms with Crippen LogP contribution in [0.3, 0.4) is 0 Å². The maximum absolute atomic E-state index is 12.7. The number of carbonyl (C=O) groups is 1. The zero-order chi connectivity index (χ0) is 18.7. The molecule has 1 amide bonds. The van der Waals surface area contributed by atoms with Gasteiger partial charge < -0.3 is 14.5 Å². The van der Waals surface area contributed by atoms with E-state index >= 15 is 0 Å². The number of hydrogen-bond donors (Lipinski definition) is 0. The number of anilines is 1. The Labute approximate surface area is 154 Å². The van der Waals surface area contributed by atoms with E-state index in [-0.39, 0.29) is 12.0 Å². The molecule has 0 aliphatic carbocycles. The number of rotatable bonds is 5. The van der Waals surface area contributed by atoms with Crippen molar-refractivity contribution in [3.05, 3.63) is 41.3 Å². The summed E-state index contributed by atoms with van der Waals surface area (Å²) in [6.07, 6.45) is 2.88. The molecule has 26 heavy (non-hydrogen) atoms. The normalized spacial score (nSPS) is 17.4. The molecular formula is C19H27N5O2. The predicted molar refractivity (Wildman–Crippen MR) is 100 cm³/mol. The van der Waals surface area contributed by atoms with Gasteiger partial charge in [-0.3, -0.25) is 9.48 Å². The predicted octanol–water partition coefficient (Wildman–Crippen LogP) is 1.72. The first-order valence-electron chi connectivity index (χ1n) is 8.97. The average molecular weight is 357 g/mol.